The highest BCUT2D eigenvalue weighted by Gasteiger charge is 2.18. The third kappa shape index (κ3) is 3.52. The summed E-state index contributed by atoms with van der Waals surface area (Å²) in [6, 6.07) is 17.9. The second kappa shape index (κ2) is 7.70. The van der Waals surface area contributed by atoms with Crippen molar-refractivity contribution in [3.8, 4) is 11.5 Å². The molecule has 3 aromatic rings. The number of methoxy groups -OCH3 is 2. The summed E-state index contributed by atoms with van der Waals surface area (Å²) in [6.07, 6.45) is 0. The molecule has 0 aliphatic rings. The number of rotatable bonds is 6. The maximum absolute atomic E-state index is 12.5. The lowest BCUT2D eigenvalue weighted by molar-refractivity contribution is 0.0471. The highest BCUT2D eigenvalue weighted by molar-refractivity contribution is 6.03. The van der Waals surface area contributed by atoms with Crippen molar-refractivity contribution in [3.05, 3.63) is 71.8 Å². The molecule has 5 nitrogen and oxygen atoms in total. The van der Waals surface area contributed by atoms with Crippen LogP contribution in [0.15, 0.2) is 60.7 Å². The molecular weight excluding hydrogens is 332 g/mol. The van der Waals surface area contributed by atoms with Gasteiger partial charge in [-0.1, -0.05) is 36.4 Å². The first-order chi connectivity index (χ1) is 12.6. The second-order valence-electron chi connectivity index (χ2n) is 5.60. The maximum Gasteiger partial charge on any atom is 0.342 e. The Morgan fingerprint density at radius 2 is 1.38 bits per heavy atom. The van der Waals surface area contributed by atoms with Crippen LogP contribution in [0.25, 0.3) is 10.8 Å². The molecule has 0 radical (unpaired) electrons. The minimum Gasteiger partial charge on any atom is -0.496 e. The lowest BCUT2D eigenvalue weighted by atomic mass is 10.1. The first kappa shape index (κ1) is 17.5. The van der Waals surface area contributed by atoms with E-state index < -0.39 is 5.97 Å². The Morgan fingerprint density at radius 1 is 0.769 bits per heavy atom. The third-order valence-corrected chi connectivity index (χ3v) is 4.03. The standard InChI is InChI=1S/C21H18O5/c1-24-19-10-6-5-9-16(19)18(22)13-26-21(23)17-11-14-7-3-4-8-15(14)12-20(17)25-2/h3-12H,13H2,1-2H3. The SMILES string of the molecule is COc1ccccc1C(=O)COC(=O)c1cc2ccccc2cc1OC. The molecule has 0 fully saturated rings. The van der Waals surface area contributed by atoms with E-state index in [9.17, 15) is 9.59 Å². The number of ether oxygens (including phenoxy) is 3. The number of Topliss-reactive ketones (excluding diaryl/α,β-unsaturated/α-hetero) is 1. The largest absolute Gasteiger partial charge is 0.496 e. The van der Waals surface area contributed by atoms with Crippen molar-refractivity contribution in [2.75, 3.05) is 20.8 Å². The number of ketones is 1. The number of fused-ring (bicyclic) bond motifs is 1. The van der Waals surface area contributed by atoms with Crippen molar-refractivity contribution in [2.45, 2.75) is 0 Å². The van der Waals surface area contributed by atoms with Gasteiger partial charge in [-0.25, -0.2) is 4.79 Å². The summed E-state index contributed by atoms with van der Waals surface area (Å²) in [4.78, 5) is 24.8. The zero-order chi connectivity index (χ0) is 18.5. The van der Waals surface area contributed by atoms with E-state index in [1.54, 1.807) is 36.4 Å². The molecule has 0 saturated heterocycles. The van der Waals surface area contributed by atoms with Gasteiger partial charge in [0.15, 0.2) is 6.61 Å². The summed E-state index contributed by atoms with van der Waals surface area (Å²) in [5, 5.41) is 1.84. The van der Waals surface area contributed by atoms with Crippen molar-refractivity contribution in [2.24, 2.45) is 0 Å². The Hall–Kier alpha value is -3.34. The predicted octanol–water partition coefficient (Wildman–Crippen LogP) is 3.90. The van der Waals surface area contributed by atoms with Gasteiger partial charge in [0.05, 0.1) is 19.8 Å². The van der Waals surface area contributed by atoms with Crippen molar-refractivity contribution >= 4 is 22.5 Å². The van der Waals surface area contributed by atoms with Crippen LogP contribution < -0.4 is 9.47 Å². The first-order valence-corrected chi connectivity index (χ1v) is 8.04. The van der Waals surface area contributed by atoms with Gasteiger partial charge in [0.25, 0.3) is 0 Å². The molecular formula is C21H18O5. The molecule has 0 aliphatic heterocycles. The summed E-state index contributed by atoms with van der Waals surface area (Å²) in [5.74, 6) is -0.110. The molecule has 0 bridgehead atoms. The summed E-state index contributed by atoms with van der Waals surface area (Å²) in [5.41, 5.74) is 0.646. The van der Waals surface area contributed by atoms with Crippen LogP contribution in [0.5, 0.6) is 11.5 Å². The normalized spacial score (nSPS) is 10.4. The van der Waals surface area contributed by atoms with Crippen LogP contribution in [-0.4, -0.2) is 32.6 Å². The average molecular weight is 350 g/mol. The van der Waals surface area contributed by atoms with E-state index >= 15 is 0 Å². The van der Waals surface area contributed by atoms with Crippen molar-refractivity contribution < 1.29 is 23.8 Å². The van der Waals surface area contributed by atoms with Gasteiger partial charge in [0, 0.05) is 0 Å². The molecule has 0 spiro atoms. The Labute approximate surface area is 151 Å². The van der Waals surface area contributed by atoms with E-state index in [0.29, 0.717) is 17.1 Å². The van der Waals surface area contributed by atoms with Crippen molar-refractivity contribution in [3.63, 3.8) is 0 Å². The van der Waals surface area contributed by atoms with Gasteiger partial charge < -0.3 is 14.2 Å². The fourth-order valence-corrected chi connectivity index (χ4v) is 2.71. The quantitative estimate of drug-likeness (QED) is 0.498. The first-order valence-electron chi connectivity index (χ1n) is 8.04. The van der Waals surface area contributed by atoms with Gasteiger partial charge in [-0.2, -0.15) is 0 Å². The lowest BCUT2D eigenvalue weighted by Gasteiger charge is -2.11. The molecule has 0 N–H and O–H groups in total. The number of para-hydroxylation sites is 1. The second-order valence-corrected chi connectivity index (χ2v) is 5.60. The Bertz CT molecular complexity index is 962. The van der Waals surface area contributed by atoms with Crippen molar-refractivity contribution in [1.82, 2.24) is 0 Å². The summed E-state index contributed by atoms with van der Waals surface area (Å²) in [7, 11) is 2.97. The fraction of sp³-hybridized carbons (Fsp3) is 0.143. The van der Waals surface area contributed by atoms with E-state index in [2.05, 4.69) is 0 Å². The van der Waals surface area contributed by atoms with Crippen LogP contribution in [0.1, 0.15) is 20.7 Å². The highest BCUT2D eigenvalue weighted by atomic mass is 16.5. The number of esters is 1. The number of hydrogen-bond acceptors (Lipinski definition) is 5. The molecule has 26 heavy (non-hydrogen) atoms. The lowest BCUT2D eigenvalue weighted by Crippen LogP contribution is -2.15. The molecule has 3 rings (SSSR count). The molecule has 0 aromatic heterocycles. The molecule has 0 aliphatic carbocycles. The van der Waals surface area contributed by atoms with Crippen LogP contribution in [0.2, 0.25) is 0 Å². The Balaban J connectivity index is 1.80. The predicted molar refractivity (Wildman–Crippen MR) is 98.1 cm³/mol. The van der Waals surface area contributed by atoms with Crippen LogP contribution in [0.4, 0.5) is 0 Å². The molecule has 0 unspecified atom stereocenters. The van der Waals surface area contributed by atoms with Gasteiger partial charge in [-0.15, -0.1) is 0 Å². The van der Waals surface area contributed by atoms with Crippen LogP contribution in [0.3, 0.4) is 0 Å². The van der Waals surface area contributed by atoms with E-state index in [4.69, 9.17) is 14.2 Å². The third-order valence-electron chi connectivity index (χ3n) is 4.03. The summed E-state index contributed by atoms with van der Waals surface area (Å²) in [6.45, 7) is -0.380. The van der Waals surface area contributed by atoms with E-state index in [1.165, 1.54) is 14.2 Å². The molecule has 0 saturated carbocycles. The van der Waals surface area contributed by atoms with Gasteiger partial charge in [0.1, 0.15) is 17.1 Å². The van der Waals surface area contributed by atoms with Gasteiger partial charge >= 0.3 is 5.97 Å². The maximum atomic E-state index is 12.5. The van der Waals surface area contributed by atoms with Gasteiger partial charge in [-0.05, 0) is 35.0 Å². The van der Waals surface area contributed by atoms with Crippen LogP contribution >= 0.6 is 0 Å². The van der Waals surface area contributed by atoms with Crippen molar-refractivity contribution in [1.29, 1.82) is 0 Å². The zero-order valence-electron chi connectivity index (χ0n) is 14.5. The minimum atomic E-state index is -0.615. The average Bonchev–Trinajstić information content (AvgIpc) is 2.70. The topological polar surface area (TPSA) is 61.8 Å². The molecule has 0 atom stereocenters. The monoisotopic (exact) mass is 350 g/mol. The van der Waals surface area contributed by atoms with Crippen LogP contribution in [-0.2, 0) is 4.74 Å². The smallest absolute Gasteiger partial charge is 0.342 e. The number of carbonyl (C=O) groups excluding carboxylic acids is 2. The minimum absolute atomic E-state index is 0.277. The number of hydrogen-bond donors (Lipinski definition) is 0. The van der Waals surface area contributed by atoms with E-state index in [-0.39, 0.29) is 18.0 Å². The van der Waals surface area contributed by atoms with Gasteiger partial charge in [0.2, 0.25) is 5.78 Å². The molecule has 0 amide bonds. The highest BCUT2D eigenvalue weighted by Crippen LogP contribution is 2.27. The van der Waals surface area contributed by atoms with Gasteiger partial charge in [-0.3, -0.25) is 4.79 Å². The number of carbonyl (C=O) groups is 2. The Kier molecular flexibility index (Phi) is 5.17. The fourth-order valence-electron chi connectivity index (χ4n) is 2.71. The zero-order valence-corrected chi connectivity index (χ0v) is 14.5. The molecule has 0 heterocycles. The summed E-state index contributed by atoms with van der Waals surface area (Å²) < 4.78 is 15.7. The summed E-state index contributed by atoms with van der Waals surface area (Å²) >= 11 is 0. The van der Waals surface area contributed by atoms with E-state index in [1.807, 2.05) is 24.3 Å². The molecule has 132 valence electrons. The number of benzene rings is 3. The van der Waals surface area contributed by atoms with Crippen LogP contribution in [0, 0.1) is 0 Å². The Morgan fingerprint density at radius 3 is 2.08 bits per heavy atom. The van der Waals surface area contributed by atoms with E-state index in [0.717, 1.165) is 10.8 Å². The molecule has 5 heteroatoms. The molecule has 3 aromatic carbocycles.